The number of alkyl halides is 3. The summed E-state index contributed by atoms with van der Waals surface area (Å²) in [6.45, 7) is 9.93. The molecule has 2 aliphatic rings. The molecule has 2 saturated heterocycles. The molecule has 5 nitrogen and oxygen atoms in total. The summed E-state index contributed by atoms with van der Waals surface area (Å²) >= 11 is 0. The lowest BCUT2D eigenvalue weighted by atomic mass is 9.88. The van der Waals surface area contributed by atoms with Crippen LogP contribution in [0.25, 0.3) is 0 Å². The number of halogens is 3. The standard InChI is InChI=1S/C22H28F3N3O2/c1-4-17(5-2)8-12-27-13-9-21(10-14-27)15-28(20(29)16(3)30-21)18-7-6-11-26-19(18)22(23,24)25/h4-7,11,16H,1,8-10,12-15H2,2-3H3/b17-5+. The van der Waals surface area contributed by atoms with E-state index in [1.54, 1.807) is 6.92 Å². The molecule has 0 N–H and O–H groups in total. The maximum absolute atomic E-state index is 13.5. The molecular formula is C22H28F3N3O2. The topological polar surface area (TPSA) is 45.7 Å². The zero-order valence-corrected chi connectivity index (χ0v) is 17.4. The van der Waals surface area contributed by atoms with Crippen molar-refractivity contribution in [1.29, 1.82) is 0 Å². The Labute approximate surface area is 175 Å². The Kier molecular flexibility index (Phi) is 6.67. The normalized spacial score (nSPS) is 23.1. The highest BCUT2D eigenvalue weighted by atomic mass is 19.4. The predicted molar refractivity (Wildman–Crippen MR) is 109 cm³/mol. The third-order valence-electron chi connectivity index (χ3n) is 5.95. The largest absolute Gasteiger partial charge is 0.435 e. The van der Waals surface area contributed by atoms with E-state index in [1.165, 1.54) is 22.6 Å². The Morgan fingerprint density at radius 2 is 2.10 bits per heavy atom. The Hall–Kier alpha value is -2.19. The first-order valence-electron chi connectivity index (χ1n) is 10.2. The van der Waals surface area contributed by atoms with Crippen molar-refractivity contribution in [2.24, 2.45) is 0 Å². The van der Waals surface area contributed by atoms with Crippen molar-refractivity contribution in [3.05, 3.63) is 48.3 Å². The number of hydrogen-bond acceptors (Lipinski definition) is 4. The quantitative estimate of drug-likeness (QED) is 0.666. The van der Waals surface area contributed by atoms with Crippen LogP contribution < -0.4 is 4.90 Å². The van der Waals surface area contributed by atoms with Crippen molar-refractivity contribution in [3.8, 4) is 0 Å². The van der Waals surface area contributed by atoms with Crippen LogP contribution in [0.2, 0.25) is 0 Å². The first kappa shape index (κ1) is 22.5. The second kappa shape index (κ2) is 8.89. The molecule has 30 heavy (non-hydrogen) atoms. The van der Waals surface area contributed by atoms with Crippen molar-refractivity contribution >= 4 is 11.6 Å². The van der Waals surface area contributed by atoms with Crippen molar-refractivity contribution in [1.82, 2.24) is 9.88 Å². The van der Waals surface area contributed by atoms with E-state index in [1.807, 2.05) is 19.1 Å². The highest BCUT2D eigenvalue weighted by Crippen LogP contribution is 2.39. The van der Waals surface area contributed by atoms with Crippen LogP contribution in [-0.2, 0) is 15.7 Å². The van der Waals surface area contributed by atoms with E-state index in [2.05, 4.69) is 16.5 Å². The Morgan fingerprint density at radius 3 is 2.70 bits per heavy atom. The van der Waals surface area contributed by atoms with Crippen LogP contribution in [0.3, 0.4) is 0 Å². The summed E-state index contributed by atoms with van der Waals surface area (Å²) < 4.78 is 46.5. The molecular weight excluding hydrogens is 395 g/mol. The highest BCUT2D eigenvalue weighted by molar-refractivity contribution is 5.97. The van der Waals surface area contributed by atoms with Crippen LogP contribution in [0.5, 0.6) is 0 Å². The zero-order chi connectivity index (χ0) is 21.9. The van der Waals surface area contributed by atoms with Crippen molar-refractivity contribution in [3.63, 3.8) is 0 Å². The average Bonchev–Trinajstić information content (AvgIpc) is 2.72. The van der Waals surface area contributed by atoms with Gasteiger partial charge in [0, 0.05) is 25.8 Å². The molecule has 3 rings (SSSR count). The molecule has 8 heteroatoms. The number of anilines is 1. The molecule has 0 radical (unpaired) electrons. The van der Waals surface area contributed by atoms with E-state index < -0.39 is 29.5 Å². The van der Waals surface area contributed by atoms with Gasteiger partial charge in [-0.1, -0.05) is 24.3 Å². The van der Waals surface area contributed by atoms with Gasteiger partial charge in [-0.25, -0.2) is 4.98 Å². The van der Waals surface area contributed by atoms with Crippen LogP contribution in [0.1, 0.15) is 38.8 Å². The van der Waals surface area contributed by atoms with E-state index in [4.69, 9.17) is 4.74 Å². The summed E-state index contributed by atoms with van der Waals surface area (Å²) in [6.07, 6.45) is 1.76. The second-order valence-electron chi connectivity index (χ2n) is 7.90. The van der Waals surface area contributed by atoms with Gasteiger partial charge in [0.05, 0.1) is 17.8 Å². The molecule has 0 saturated carbocycles. The minimum absolute atomic E-state index is 0.103. The molecule has 0 aliphatic carbocycles. The first-order chi connectivity index (χ1) is 14.2. The highest BCUT2D eigenvalue weighted by Gasteiger charge is 2.48. The molecule has 0 bridgehead atoms. The van der Waals surface area contributed by atoms with E-state index >= 15 is 0 Å². The average molecular weight is 423 g/mol. The number of amides is 1. The lowest BCUT2D eigenvalue weighted by Gasteiger charge is -2.49. The van der Waals surface area contributed by atoms with Gasteiger partial charge < -0.3 is 14.5 Å². The fourth-order valence-corrected chi connectivity index (χ4v) is 4.20. The maximum Gasteiger partial charge on any atom is 0.435 e. The van der Waals surface area contributed by atoms with Crippen LogP contribution in [0.4, 0.5) is 18.9 Å². The molecule has 1 spiro atoms. The third-order valence-corrected chi connectivity index (χ3v) is 5.95. The molecule has 0 aromatic carbocycles. The summed E-state index contributed by atoms with van der Waals surface area (Å²) in [7, 11) is 0. The minimum Gasteiger partial charge on any atom is -0.360 e. The van der Waals surface area contributed by atoms with Gasteiger partial charge in [-0.3, -0.25) is 4.79 Å². The molecule has 2 fully saturated rings. The summed E-state index contributed by atoms with van der Waals surface area (Å²) in [4.78, 5) is 19.8. The molecule has 1 unspecified atom stereocenters. The van der Waals surface area contributed by atoms with Gasteiger partial charge in [0.25, 0.3) is 5.91 Å². The van der Waals surface area contributed by atoms with E-state index in [-0.39, 0.29) is 12.2 Å². The summed E-state index contributed by atoms with van der Waals surface area (Å²) in [5, 5.41) is 0. The number of pyridine rings is 1. The fourth-order valence-electron chi connectivity index (χ4n) is 4.20. The number of allylic oxidation sites excluding steroid dienone is 2. The lowest BCUT2D eigenvalue weighted by molar-refractivity contribution is -0.162. The molecule has 1 aromatic rings. The minimum atomic E-state index is -4.63. The van der Waals surface area contributed by atoms with Crippen LogP contribution >= 0.6 is 0 Å². The third kappa shape index (κ3) is 4.75. The van der Waals surface area contributed by atoms with Gasteiger partial charge in [0.15, 0.2) is 5.69 Å². The van der Waals surface area contributed by atoms with Crippen LogP contribution in [0.15, 0.2) is 42.6 Å². The van der Waals surface area contributed by atoms with Crippen molar-refractivity contribution < 1.29 is 22.7 Å². The smallest absolute Gasteiger partial charge is 0.360 e. The van der Waals surface area contributed by atoms with Gasteiger partial charge in [-0.05, 0) is 45.2 Å². The number of nitrogens with zero attached hydrogens (tertiary/aromatic N) is 3. The monoisotopic (exact) mass is 423 g/mol. The summed E-state index contributed by atoms with van der Waals surface area (Å²) in [5.74, 6) is -0.467. The Morgan fingerprint density at radius 1 is 1.40 bits per heavy atom. The van der Waals surface area contributed by atoms with Gasteiger partial charge in [-0.2, -0.15) is 13.2 Å². The maximum atomic E-state index is 13.5. The van der Waals surface area contributed by atoms with Crippen molar-refractivity contribution in [2.75, 3.05) is 31.1 Å². The van der Waals surface area contributed by atoms with E-state index in [9.17, 15) is 18.0 Å². The number of hydrogen-bond donors (Lipinski definition) is 0. The van der Waals surface area contributed by atoms with Gasteiger partial charge in [-0.15, -0.1) is 0 Å². The molecule has 2 aliphatic heterocycles. The molecule has 164 valence electrons. The zero-order valence-electron chi connectivity index (χ0n) is 17.4. The van der Waals surface area contributed by atoms with Gasteiger partial charge >= 0.3 is 6.18 Å². The Balaban J connectivity index is 1.75. The molecule has 1 amide bonds. The van der Waals surface area contributed by atoms with Crippen LogP contribution in [0, 0.1) is 0 Å². The number of likely N-dealkylation sites (tertiary alicyclic amines) is 1. The number of morpholine rings is 1. The molecule has 1 atom stereocenters. The summed E-state index contributed by atoms with van der Waals surface area (Å²) in [5.41, 5.74) is -0.699. The number of piperidine rings is 1. The van der Waals surface area contributed by atoms with Gasteiger partial charge in [0.1, 0.15) is 6.10 Å². The molecule has 3 heterocycles. The van der Waals surface area contributed by atoms with Crippen molar-refractivity contribution in [2.45, 2.75) is 51.0 Å². The summed E-state index contributed by atoms with van der Waals surface area (Å²) in [6, 6.07) is 2.73. The number of aromatic nitrogens is 1. The lowest BCUT2D eigenvalue weighted by Crippen LogP contribution is -2.61. The number of ether oxygens (including phenoxy) is 1. The second-order valence-corrected chi connectivity index (χ2v) is 7.90. The fraction of sp³-hybridized carbons (Fsp3) is 0.545. The number of rotatable bonds is 5. The van der Waals surface area contributed by atoms with Crippen LogP contribution in [-0.4, -0.2) is 53.7 Å². The predicted octanol–water partition coefficient (Wildman–Crippen LogP) is 4.21. The van der Waals surface area contributed by atoms with E-state index in [0.717, 1.165) is 32.3 Å². The Bertz CT molecular complexity index is 814. The molecule has 1 aromatic heterocycles. The number of carbonyl (C=O) groups is 1. The van der Waals surface area contributed by atoms with E-state index in [0.29, 0.717) is 12.8 Å². The SMILES string of the molecule is C=C/C(=C\C)CCN1CCC2(CC1)CN(c1cccnc1C(F)(F)F)C(=O)C(C)O2. The number of carbonyl (C=O) groups excluding carboxylic acids is 1. The first-order valence-corrected chi connectivity index (χ1v) is 10.2. The van der Waals surface area contributed by atoms with Gasteiger partial charge in [0.2, 0.25) is 0 Å².